The first kappa shape index (κ1) is 13.8. The summed E-state index contributed by atoms with van der Waals surface area (Å²) in [7, 11) is -4.09. The molecular formula is C13H23NO4S. The van der Waals surface area contributed by atoms with E-state index in [1.165, 1.54) is 38.5 Å². The molecule has 3 N–H and O–H groups in total. The topological polar surface area (TPSA) is 86.6 Å². The average molecular weight is 289 g/mol. The highest BCUT2D eigenvalue weighted by atomic mass is 32.2. The zero-order valence-electron chi connectivity index (χ0n) is 11.1. The Kier molecular flexibility index (Phi) is 3.40. The molecule has 4 bridgehead atoms. The number of β-amino-alcohol motifs (C(OH)–C–C–N with tert-alkyl or cyclic N) is 1. The molecule has 0 saturated heterocycles. The minimum atomic E-state index is -4.09. The molecule has 0 aliphatic heterocycles. The van der Waals surface area contributed by atoms with Crippen molar-refractivity contribution in [2.45, 2.75) is 50.2 Å². The van der Waals surface area contributed by atoms with E-state index in [4.69, 9.17) is 4.55 Å². The fourth-order valence-electron chi connectivity index (χ4n) is 4.96. The van der Waals surface area contributed by atoms with Crippen molar-refractivity contribution in [3.8, 4) is 0 Å². The Balaban J connectivity index is 1.58. The lowest BCUT2D eigenvalue weighted by molar-refractivity contribution is -0.0239. The Bertz CT molecular complexity index is 412. The quantitative estimate of drug-likeness (QED) is 0.652. The maximum atomic E-state index is 10.7. The molecule has 1 atom stereocenters. The van der Waals surface area contributed by atoms with E-state index in [-0.39, 0.29) is 12.1 Å². The maximum absolute atomic E-state index is 10.7. The Morgan fingerprint density at radius 3 is 2.00 bits per heavy atom. The highest BCUT2D eigenvalue weighted by molar-refractivity contribution is 7.85. The summed E-state index contributed by atoms with van der Waals surface area (Å²) in [5.41, 5.74) is 0.120. The molecule has 6 heteroatoms. The molecule has 19 heavy (non-hydrogen) atoms. The van der Waals surface area contributed by atoms with Crippen molar-refractivity contribution in [2.24, 2.45) is 17.8 Å². The van der Waals surface area contributed by atoms with Gasteiger partial charge in [-0.05, 0) is 56.3 Å². The Morgan fingerprint density at radius 1 is 1.11 bits per heavy atom. The molecule has 1 unspecified atom stereocenters. The van der Waals surface area contributed by atoms with E-state index in [0.717, 1.165) is 17.8 Å². The van der Waals surface area contributed by atoms with Crippen molar-refractivity contribution in [1.82, 2.24) is 5.32 Å². The standard InChI is InChI=1S/C13H23NO4S/c15-12(8-19(16,17)18)7-14-13-4-9-1-10(5-13)3-11(2-9)6-13/h9-12,14-15H,1-8H2,(H,16,17,18). The predicted molar refractivity (Wildman–Crippen MR) is 71.3 cm³/mol. The van der Waals surface area contributed by atoms with E-state index in [2.05, 4.69) is 5.32 Å². The molecule has 0 radical (unpaired) electrons. The Labute approximate surface area is 114 Å². The summed E-state index contributed by atoms with van der Waals surface area (Å²) in [6.45, 7) is 0.256. The van der Waals surface area contributed by atoms with E-state index in [1.54, 1.807) is 0 Å². The molecular weight excluding hydrogens is 266 g/mol. The molecule has 0 amide bonds. The minimum absolute atomic E-state index is 0.120. The lowest BCUT2D eigenvalue weighted by Crippen LogP contribution is -2.59. The fraction of sp³-hybridized carbons (Fsp3) is 1.00. The molecule has 4 aliphatic carbocycles. The van der Waals surface area contributed by atoms with E-state index in [0.29, 0.717) is 0 Å². The van der Waals surface area contributed by atoms with Crippen LogP contribution in [-0.4, -0.2) is 42.0 Å². The highest BCUT2D eigenvalue weighted by Gasteiger charge is 2.50. The minimum Gasteiger partial charge on any atom is -0.391 e. The maximum Gasteiger partial charge on any atom is 0.267 e. The third kappa shape index (κ3) is 3.12. The van der Waals surface area contributed by atoms with Crippen LogP contribution in [0.5, 0.6) is 0 Å². The summed E-state index contributed by atoms with van der Waals surface area (Å²) in [6.07, 6.45) is 6.53. The van der Waals surface area contributed by atoms with E-state index < -0.39 is 22.0 Å². The van der Waals surface area contributed by atoms with Gasteiger partial charge in [0.25, 0.3) is 10.1 Å². The van der Waals surface area contributed by atoms with Crippen molar-refractivity contribution >= 4 is 10.1 Å². The first-order valence-corrected chi connectivity index (χ1v) is 8.83. The summed E-state index contributed by atoms with van der Waals surface area (Å²) < 4.78 is 30.2. The van der Waals surface area contributed by atoms with Crippen LogP contribution in [0.25, 0.3) is 0 Å². The summed E-state index contributed by atoms with van der Waals surface area (Å²) in [4.78, 5) is 0. The van der Waals surface area contributed by atoms with Crippen LogP contribution in [0.4, 0.5) is 0 Å². The third-order valence-electron chi connectivity index (χ3n) is 5.15. The molecule has 4 aliphatic rings. The zero-order valence-corrected chi connectivity index (χ0v) is 11.9. The zero-order chi connectivity index (χ0) is 13.7. The van der Waals surface area contributed by atoms with Crippen LogP contribution >= 0.6 is 0 Å². The number of aliphatic hydroxyl groups excluding tert-OH is 1. The second-order valence-corrected chi connectivity index (χ2v) is 8.48. The summed E-state index contributed by atoms with van der Waals surface area (Å²) in [6, 6.07) is 0. The van der Waals surface area contributed by atoms with Gasteiger partial charge in [-0.1, -0.05) is 0 Å². The van der Waals surface area contributed by atoms with Gasteiger partial charge in [0, 0.05) is 12.1 Å². The molecule has 0 heterocycles. The van der Waals surface area contributed by atoms with Gasteiger partial charge in [-0.25, -0.2) is 0 Å². The lowest BCUT2D eigenvalue weighted by atomic mass is 9.53. The number of nitrogens with one attached hydrogen (secondary N) is 1. The van der Waals surface area contributed by atoms with Crippen molar-refractivity contribution in [3.63, 3.8) is 0 Å². The van der Waals surface area contributed by atoms with Crippen LogP contribution in [-0.2, 0) is 10.1 Å². The van der Waals surface area contributed by atoms with Gasteiger partial charge >= 0.3 is 0 Å². The third-order valence-corrected chi connectivity index (χ3v) is 5.96. The molecule has 0 aromatic rings. The molecule has 4 rings (SSSR count). The Morgan fingerprint density at radius 2 is 1.58 bits per heavy atom. The van der Waals surface area contributed by atoms with E-state index in [9.17, 15) is 13.5 Å². The summed E-state index contributed by atoms with van der Waals surface area (Å²) >= 11 is 0. The van der Waals surface area contributed by atoms with Gasteiger partial charge in [0.1, 0.15) is 5.75 Å². The predicted octanol–water partition coefficient (Wildman–Crippen LogP) is 0.793. The van der Waals surface area contributed by atoms with Crippen LogP contribution in [0.2, 0.25) is 0 Å². The van der Waals surface area contributed by atoms with E-state index >= 15 is 0 Å². The summed E-state index contributed by atoms with van der Waals surface area (Å²) in [5.74, 6) is 1.87. The smallest absolute Gasteiger partial charge is 0.267 e. The van der Waals surface area contributed by atoms with Crippen molar-refractivity contribution in [1.29, 1.82) is 0 Å². The van der Waals surface area contributed by atoms with Gasteiger partial charge in [0.2, 0.25) is 0 Å². The van der Waals surface area contributed by atoms with Crippen LogP contribution in [0.3, 0.4) is 0 Å². The fourth-order valence-corrected chi connectivity index (χ4v) is 5.57. The van der Waals surface area contributed by atoms with Gasteiger partial charge in [0.15, 0.2) is 0 Å². The van der Waals surface area contributed by atoms with E-state index in [1.807, 2.05) is 0 Å². The van der Waals surface area contributed by atoms with Gasteiger partial charge < -0.3 is 10.4 Å². The van der Waals surface area contributed by atoms with Gasteiger partial charge in [-0.2, -0.15) is 8.42 Å². The number of aliphatic hydroxyl groups is 1. The average Bonchev–Trinajstić information content (AvgIpc) is 2.22. The molecule has 0 aromatic carbocycles. The van der Waals surface area contributed by atoms with Gasteiger partial charge in [0.05, 0.1) is 6.10 Å². The second-order valence-electron chi connectivity index (χ2n) is 6.98. The Hall–Kier alpha value is -0.170. The monoisotopic (exact) mass is 289 g/mol. The SMILES string of the molecule is O=S(=O)(O)CC(O)CNC12CC3CC(CC(C3)C1)C2. The molecule has 0 spiro atoms. The largest absolute Gasteiger partial charge is 0.391 e. The number of hydrogen-bond donors (Lipinski definition) is 3. The van der Waals surface area contributed by atoms with Crippen LogP contribution < -0.4 is 5.32 Å². The van der Waals surface area contributed by atoms with Crippen LogP contribution in [0.1, 0.15) is 38.5 Å². The van der Waals surface area contributed by atoms with Crippen molar-refractivity contribution in [2.75, 3.05) is 12.3 Å². The first-order valence-electron chi connectivity index (χ1n) is 7.22. The molecule has 4 saturated carbocycles. The summed E-state index contributed by atoms with van der Waals surface area (Å²) in [5, 5.41) is 13.1. The molecule has 110 valence electrons. The number of rotatable bonds is 5. The normalized spacial score (nSPS) is 42.5. The van der Waals surface area contributed by atoms with Crippen LogP contribution in [0, 0.1) is 17.8 Å². The number of hydrogen-bond acceptors (Lipinski definition) is 4. The first-order chi connectivity index (χ1) is 8.84. The van der Waals surface area contributed by atoms with Crippen molar-refractivity contribution in [3.05, 3.63) is 0 Å². The van der Waals surface area contributed by atoms with Gasteiger partial charge in [-0.15, -0.1) is 0 Å². The molecule has 0 aromatic heterocycles. The highest BCUT2D eigenvalue weighted by Crippen LogP contribution is 2.55. The molecule has 5 nitrogen and oxygen atoms in total. The van der Waals surface area contributed by atoms with Crippen molar-refractivity contribution < 1.29 is 18.1 Å². The van der Waals surface area contributed by atoms with Gasteiger partial charge in [-0.3, -0.25) is 4.55 Å². The molecule has 4 fully saturated rings. The lowest BCUT2D eigenvalue weighted by Gasteiger charge is -2.57. The second kappa shape index (κ2) is 4.69. The van der Waals surface area contributed by atoms with Crippen LogP contribution in [0.15, 0.2) is 0 Å².